The van der Waals surface area contributed by atoms with Crippen molar-refractivity contribution in [1.82, 2.24) is 5.32 Å². The molecule has 0 saturated heterocycles. The number of carbonyl (C=O) groups excluding carboxylic acids is 1. The molecular weight excluding hydrogens is 450 g/mol. The Hall–Kier alpha value is -1.13. The number of unbranched alkanes of at least 4 members (excludes halogenated alkanes) is 4. The molecule has 0 saturated carbocycles. The van der Waals surface area contributed by atoms with E-state index in [-0.39, 0.29) is 12.8 Å². The standard InChI is InChI=1S/C15H23F8NO2.C4H10.C2H6/c1-3-4-7-10-24-11(25)8-5-6-9-13(18,19)15(22,23)26-14(20,21)12(2,16)17;1-3-4-2;1-2/h3-10H2,1-2H3,(H,24,25);3-4H2,1-2H3;1-2H3. The molecule has 0 bridgehead atoms. The first-order valence-electron chi connectivity index (χ1n) is 11.1. The van der Waals surface area contributed by atoms with E-state index in [0.717, 1.165) is 19.3 Å². The van der Waals surface area contributed by atoms with Crippen molar-refractivity contribution in [3.63, 3.8) is 0 Å². The Kier molecular flexibility index (Phi) is 19.2. The van der Waals surface area contributed by atoms with Crippen LogP contribution in [0, 0.1) is 0 Å². The fourth-order valence-electron chi connectivity index (χ4n) is 1.79. The van der Waals surface area contributed by atoms with Gasteiger partial charge in [-0.25, -0.2) is 4.74 Å². The largest absolute Gasteiger partial charge is 0.423 e. The van der Waals surface area contributed by atoms with Crippen LogP contribution in [0.5, 0.6) is 0 Å². The molecule has 0 aromatic carbocycles. The Bertz CT molecular complexity index is 467. The van der Waals surface area contributed by atoms with Crippen molar-refractivity contribution in [3.8, 4) is 0 Å². The van der Waals surface area contributed by atoms with Crippen molar-refractivity contribution in [2.45, 2.75) is 123 Å². The number of amides is 1. The molecule has 0 heterocycles. The van der Waals surface area contributed by atoms with Gasteiger partial charge in [0.1, 0.15) is 0 Å². The molecule has 196 valence electrons. The molecule has 32 heavy (non-hydrogen) atoms. The molecule has 0 unspecified atom stereocenters. The van der Waals surface area contributed by atoms with Gasteiger partial charge < -0.3 is 5.32 Å². The van der Waals surface area contributed by atoms with Crippen LogP contribution in [0.4, 0.5) is 35.1 Å². The zero-order valence-corrected chi connectivity index (χ0v) is 19.9. The number of nitrogens with one attached hydrogen (secondary N) is 1. The molecule has 0 rings (SSSR count). The molecular formula is C21H39F8NO2. The number of hydrogen-bond acceptors (Lipinski definition) is 2. The topological polar surface area (TPSA) is 38.3 Å². The predicted octanol–water partition coefficient (Wildman–Crippen LogP) is 8.18. The Morgan fingerprint density at radius 3 is 1.66 bits per heavy atom. The van der Waals surface area contributed by atoms with Crippen LogP contribution in [0.2, 0.25) is 0 Å². The van der Waals surface area contributed by atoms with Crippen LogP contribution in [0.1, 0.15) is 99.3 Å². The zero-order valence-electron chi connectivity index (χ0n) is 19.9. The van der Waals surface area contributed by atoms with Crippen molar-refractivity contribution in [3.05, 3.63) is 0 Å². The second-order valence-electron chi connectivity index (χ2n) is 6.99. The number of ether oxygens (including phenoxy) is 1. The molecule has 0 fully saturated rings. The van der Waals surface area contributed by atoms with Gasteiger partial charge in [0.25, 0.3) is 0 Å². The Balaban J connectivity index is -0.00000125. The number of halogens is 8. The fourth-order valence-corrected chi connectivity index (χ4v) is 1.79. The lowest BCUT2D eigenvalue weighted by molar-refractivity contribution is -0.465. The summed E-state index contributed by atoms with van der Waals surface area (Å²) < 4.78 is 106. The van der Waals surface area contributed by atoms with Gasteiger partial charge >= 0.3 is 24.1 Å². The quantitative estimate of drug-likeness (QED) is 0.197. The van der Waals surface area contributed by atoms with Gasteiger partial charge in [-0.05, 0) is 19.3 Å². The van der Waals surface area contributed by atoms with Crippen LogP contribution in [0.15, 0.2) is 0 Å². The van der Waals surface area contributed by atoms with Crippen LogP contribution in [-0.2, 0) is 9.53 Å². The van der Waals surface area contributed by atoms with Crippen molar-refractivity contribution in [1.29, 1.82) is 0 Å². The van der Waals surface area contributed by atoms with Crippen LogP contribution in [-0.4, -0.2) is 36.5 Å². The summed E-state index contributed by atoms with van der Waals surface area (Å²) in [6.07, 6.45) is -8.98. The van der Waals surface area contributed by atoms with Gasteiger partial charge in [0.15, 0.2) is 0 Å². The molecule has 0 spiro atoms. The second-order valence-corrected chi connectivity index (χ2v) is 6.99. The lowest BCUT2D eigenvalue weighted by Crippen LogP contribution is -2.52. The number of rotatable bonds is 14. The summed E-state index contributed by atoms with van der Waals surface area (Å²) in [7, 11) is 0. The lowest BCUT2D eigenvalue weighted by atomic mass is 10.1. The maximum Gasteiger partial charge on any atom is 0.423 e. The molecule has 3 nitrogen and oxygen atoms in total. The van der Waals surface area contributed by atoms with Gasteiger partial charge in [0, 0.05) is 26.3 Å². The average molecular weight is 490 g/mol. The van der Waals surface area contributed by atoms with Crippen LogP contribution in [0.3, 0.4) is 0 Å². The van der Waals surface area contributed by atoms with Crippen LogP contribution in [0.25, 0.3) is 0 Å². The first-order valence-corrected chi connectivity index (χ1v) is 11.1. The SMILES string of the molecule is CC.CCCC.CCCCCNC(=O)CCCCC(F)(F)C(F)(F)OC(F)(F)C(C)(F)F. The van der Waals surface area contributed by atoms with E-state index < -0.39 is 49.7 Å². The molecule has 0 aromatic rings. The monoisotopic (exact) mass is 489 g/mol. The summed E-state index contributed by atoms with van der Waals surface area (Å²) in [5, 5.41) is 2.51. The van der Waals surface area contributed by atoms with Gasteiger partial charge in [-0.3, -0.25) is 4.79 Å². The molecule has 0 atom stereocenters. The zero-order chi connectivity index (χ0) is 26.1. The highest BCUT2D eigenvalue weighted by molar-refractivity contribution is 5.75. The number of carbonyl (C=O) groups is 1. The highest BCUT2D eigenvalue weighted by Crippen LogP contribution is 2.46. The minimum Gasteiger partial charge on any atom is -0.356 e. The van der Waals surface area contributed by atoms with Crippen molar-refractivity contribution in [2.24, 2.45) is 0 Å². The van der Waals surface area contributed by atoms with E-state index >= 15 is 0 Å². The van der Waals surface area contributed by atoms with E-state index in [1.165, 1.54) is 12.8 Å². The van der Waals surface area contributed by atoms with E-state index in [2.05, 4.69) is 23.9 Å². The molecule has 0 radical (unpaired) electrons. The van der Waals surface area contributed by atoms with Gasteiger partial charge in [-0.15, -0.1) is 0 Å². The highest BCUT2D eigenvalue weighted by Gasteiger charge is 2.66. The maximum atomic E-state index is 13.4. The third kappa shape index (κ3) is 15.6. The van der Waals surface area contributed by atoms with Gasteiger partial charge in [-0.2, -0.15) is 35.1 Å². The third-order valence-corrected chi connectivity index (χ3v) is 3.94. The predicted molar refractivity (Wildman–Crippen MR) is 109 cm³/mol. The first kappa shape index (κ1) is 35.5. The second kappa shape index (κ2) is 17.4. The highest BCUT2D eigenvalue weighted by atomic mass is 19.3. The minimum atomic E-state index is -5.79. The molecule has 0 aliphatic heterocycles. The maximum absolute atomic E-state index is 13.4. The molecule has 1 N–H and O–H groups in total. The summed E-state index contributed by atoms with van der Waals surface area (Å²) in [6.45, 7) is 10.3. The Labute approximate surface area is 186 Å². The fraction of sp³-hybridized carbons (Fsp3) is 0.952. The Morgan fingerprint density at radius 2 is 1.25 bits per heavy atom. The van der Waals surface area contributed by atoms with E-state index in [1.54, 1.807) is 0 Å². The van der Waals surface area contributed by atoms with Crippen LogP contribution < -0.4 is 5.32 Å². The molecule has 1 amide bonds. The van der Waals surface area contributed by atoms with E-state index in [9.17, 15) is 39.9 Å². The van der Waals surface area contributed by atoms with Gasteiger partial charge in [-0.1, -0.05) is 60.3 Å². The summed E-state index contributed by atoms with van der Waals surface area (Å²) in [6, 6.07) is 0. The summed E-state index contributed by atoms with van der Waals surface area (Å²) in [5.41, 5.74) is 0. The van der Waals surface area contributed by atoms with E-state index in [4.69, 9.17) is 0 Å². The minimum absolute atomic E-state index is 0.203. The molecule has 0 aliphatic rings. The van der Waals surface area contributed by atoms with Crippen molar-refractivity contribution in [2.75, 3.05) is 6.54 Å². The van der Waals surface area contributed by atoms with Crippen molar-refractivity contribution < 1.29 is 44.7 Å². The summed E-state index contributed by atoms with van der Waals surface area (Å²) >= 11 is 0. The van der Waals surface area contributed by atoms with Gasteiger partial charge in [0.05, 0.1) is 0 Å². The summed E-state index contributed by atoms with van der Waals surface area (Å²) in [5.74, 6) is -10.6. The smallest absolute Gasteiger partial charge is 0.356 e. The summed E-state index contributed by atoms with van der Waals surface area (Å²) in [4.78, 5) is 11.4. The number of hydrogen-bond donors (Lipinski definition) is 1. The molecule has 11 heteroatoms. The molecule has 0 aliphatic carbocycles. The van der Waals surface area contributed by atoms with E-state index in [0.29, 0.717) is 6.54 Å². The normalized spacial score (nSPS) is 12.3. The van der Waals surface area contributed by atoms with Crippen LogP contribution >= 0.6 is 0 Å². The van der Waals surface area contributed by atoms with Crippen molar-refractivity contribution >= 4 is 5.91 Å². The van der Waals surface area contributed by atoms with E-state index in [1.807, 2.05) is 20.8 Å². The third-order valence-electron chi connectivity index (χ3n) is 3.94. The average Bonchev–Trinajstić information content (AvgIpc) is 2.68. The lowest BCUT2D eigenvalue weighted by Gasteiger charge is -2.31. The number of alkyl halides is 8. The van der Waals surface area contributed by atoms with Gasteiger partial charge in [0.2, 0.25) is 5.91 Å². The first-order chi connectivity index (χ1) is 14.6. The Morgan fingerprint density at radius 1 is 0.750 bits per heavy atom. The molecule has 0 aromatic heterocycles.